The van der Waals surface area contributed by atoms with Crippen molar-refractivity contribution >= 4 is 23.2 Å². The van der Waals surface area contributed by atoms with Crippen molar-refractivity contribution in [2.75, 3.05) is 7.11 Å². The maximum absolute atomic E-state index is 12.1. The largest absolute Gasteiger partial charge is 0.507 e. The van der Waals surface area contributed by atoms with Crippen LogP contribution in [-0.2, 0) is 9.53 Å². The molecule has 1 aliphatic rings. The molecule has 0 heterocycles. The third-order valence-corrected chi connectivity index (χ3v) is 4.53. The molecule has 0 fully saturated rings. The molecule has 2 aromatic carbocycles. The smallest absolute Gasteiger partial charge is 0.336 e. The van der Waals surface area contributed by atoms with Gasteiger partial charge in [0.05, 0.1) is 18.2 Å². The quantitative estimate of drug-likeness (QED) is 0.426. The average Bonchev–Trinajstić information content (AvgIpc) is 2.76. The Morgan fingerprint density at radius 3 is 2.42 bits per heavy atom. The Kier molecular flexibility index (Phi) is 6.00. The van der Waals surface area contributed by atoms with Gasteiger partial charge in [-0.25, -0.2) is 4.79 Å². The Labute approximate surface area is 175 Å². The van der Waals surface area contributed by atoms with Gasteiger partial charge in [0.2, 0.25) is 5.78 Å². The summed E-state index contributed by atoms with van der Waals surface area (Å²) in [7, 11) is 1.34. The number of azide groups is 1. The molecule has 2 aromatic rings. The number of amides is 1. The molecule has 1 amide bonds. The number of ether oxygens (including phenoxy) is 1. The zero-order valence-corrected chi connectivity index (χ0v) is 16.1. The molecular weight excluding hydrogens is 402 g/mol. The fourth-order valence-electron chi connectivity index (χ4n) is 3.15. The number of methoxy groups -OCH3 is 1. The highest BCUT2D eigenvalue weighted by molar-refractivity contribution is 6.07. The average molecular weight is 417 g/mol. The first-order valence-corrected chi connectivity index (χ1v) is 8.85. The molecule has 0 unspecified atom stereocenters. The summed E-state index contributed by atoms with van der Waals surface area (Å²) in [6.07, 6.45) is 4.24. The lowest BCUT2D eigenvalue weighted by molar-refractivity contribution is -0.114. The summed E-state index contributed by atoms with van der Waals surface area (Å²) >= 11 is 0. The van der Waals surface area contributed by atoms with Crippen molar-refractivity contribution in [2.24, 2.45) is 5.11 Å². The summed E-state index contributed by atoms with van der Waals surface area (Å²) in [5.74, 6) is -2.89. The molecule has 9 heteroatoms. The van der Waals surface area contributed by atoms with E-state index in [0.29, 0.717) is 22.3 Å². The minimum atomic E-state index is -1.18. The molecule has 3 rings (SSSR count). The molecule has 31 heavy (non-hydrogen) atoms. The Bertz CT molecular complexity index is 1250. The molecule has 0 bridgehead atoms. The van der Waals surface area contributed by atoms with Gasteiger partial charge in [-0.2, -0.15) is 0 Å². The van der Waals surface area contributed by atoms with Gasteiger partial charge < -0.3 is 14.9 Å². The lowest BCUT2D eigenvalue weighted by Crippen LogP contribution is -2.08. The van der Waals surface area contributed by atoms with Gasteiger partial charge in [0, 0.05) is 4.91 Å². The van der Waals surface area contributed by atoms with Crippen LogP contribution in [0.1, 0.15) is 31.8 Å². The van der Waals surface area contributed by atoms with E-state index in [9.17, 15) is 24.6 Å². The zero-order valence-electron chi connectivity index (χ0n) is 16.1. The standard InChI is InChI=1S/C22H15N3O6/c1-31-19-11-13(7-9-18(19)27)20(14-4-2-3-5-15(14)22(29)30)12-6-8-17(26)16(10-12)21(28)24-25-23/h2-11,26H,1H3,(H,29,30)/b20-13-. The van der Waals surface area contributed by atoms with E-state index < -0.39 is 17.6 Å². The number of phenolic OH excluding ortho intramolecular Hbond substituents is 1. The van der Waals surface area contributed by atoms with Crippen LogP contribution in [0.5, 0.6) is 5.75 Å². The van der Waals surface area contributed by atoms with E-state index in [2.05, 4.69) is 10.0 Å². The first-order valence-electron chi connectivity index (χ1n) is 8.85. The normalized spacial score (nSPS) is 14.4. The number of carboxylic acid groups (broad SMARTS) is 1. The van der Waals surface area contributed by atoms with Gasteiger partial charge in [0.1, 0.15) is 5.75 Å². The number of hydrogen-bond acceptors (Lipinski definition) is 5. The number of rotatable bonds is 5. The monoisotopic (exact) mass is 417 g/mol. The molecular formula is C22H15N3O6. The summed E-state index contributed by atoms with van der Waals surface area (Å²) < 4.78 is 5.11. The summed E-state index contributed by atoms with van der Waals surface area (Å²) in [6.45, 7) is 0. The number of carbonyl (C=O) groups excluding carboxylic acids is 2. The Morgan fingerprint density at radius 1 is 1.06 bits per heavy atom. The van der Waals surface area contributed by atoms with Gasteiger partial charge >= 0.3 is 5.97 Å². The Morgan fingerprint density at radius 2 is 1.77 bits per heavy atom. The summed E-state index contributed by atoms with van der Waals surface area (Å²) in [6, 6.07) is 10.2. The molecule has 0 aliphatic heterocycles. The third kappa shape index (κ3) is 4.21. The number of carbonyl (C=O) groups is 3. The lowest BCUT2D eigenvalue weighted by Gasteiger charge is -2.17. The van der Waals surface area contributed by atoms with Crippen molar-refractivity contribution in [1.29, 1.82) is 0 Å². The Balaban J connectivity index is 2.37. The fourth-order valence-corrected chi connectivity index (χ4v) is 3.15. The van der Waals surface area contributed by atoms with Gasteiger partial charge in [-0.05, 0) is 63.3 Å². The second-order valence-corrected chi connectivity index (χ2v) is 6.32. The van der Waals surface area contributed by atoms with Gasteiger partial charge in [-0.15, -0.1) is 0 Å². The summed E-state index contributed by atoms with van der Waals surface area (Å²) in [5, 5.41) is 22.7. The topological polar surface area (TPSA) is 150 Å². The van der Waals surface area contributed by atoms with Crippen molar-refractivity contribution in [1.82, 2.24) is 0 Å². The minimum Gasteiger partial charge on any atom is -0.507 e. The predicted molar refractivity (Wildman–Crippen MR) is 110 cm³/mol. The van der Waals surface area contributed by atoms with E-state index in [4.69, 9.17) is 10.3 Å². The minimum absolute atomic E-state index is 0.0151. The van der Waals surface area contributed by atoms with Gasteiger partial charge in [0.15, 0.2) is 5.76 Å². The maximum atomic E-state index is 12.1. The number of allylic oxidation sites excluding steroid dienone is 4. The summed E-state index contributed by atoms with van der Waals surface area (Å²) in [4.78, 5) is 38.4. The second kappa shape index (κ2) is 8.81. The van der Waals surface area contributed by atoms with Crippen molar-refractivity contribution in [2.45, 2.75) is 0 Å². The maximum Gasteiger partial charge on any atom is 0.336 e. The SMILES string of the molecule is COC1=C/C(=C(/c2ccc(O)c(C(=O)N=[N+]=[N-])c2)c2ccccc2C(=O)O)C=CC1=O. The molecule has 154 valence electrons. The first-order chi connectivity index (χ1) is 14.9. The van der Waals surface area contributed by atoms with Crippen molar-refractivity contribution < 1.29 is 29.3 Å². The van der Waals surface area contributed by atoms with E-state index in [1.54, 1.807) is 18.2 Å². The molecule has 0 saturated carbocycles. The number of phenols is 1. The summed E-state index contributed by atoms with van der Waals surface area (Å²) in [5.41, 5.74) is 9.74. The van der Waals surface area contributed by atoms with Crippen LogP contribution < -0.4 is 0 Å². The van der Waals surface area contributed by atoms with Crippen LogP contribution in [0.2, 0.25) is 0 Å². The number of ketones is 1. The highest BCUT2D eigenvalue weighted by atomic mass is 16.5. The van der Waals surface area contributed by atoms with Crippen molar-refractivity contribution in [3.8, 4) is 5.75 Å². The molecule has 0 spiro atoms. The van der Waals surface area contributed by atoms with Crippen molar-refractivity contribution in [3.63, 3.8) is 0 Å². The van der Waals surface area contributed by atoms with Crippen molar-refractivity contribution in [3.05, 3.63) is 105 Å². The fraction of sp³-hybridized carbons (Fsp3) is 0.0455. The highest BCUT2D eigenvalue weighted by Gasteiger charge is 2.22. The number of hydrogen-bond donors (Lipinski definition) is 2. The predicted octanol–water partition coefficient (Wildman–Crippen LogP) is 4.01. The van der Waals surface area contributed by atoms with Crippen LogP contribution in [0.4, 0.5) is 0 Å². The molecule has 0 saturated heterocycles. The number of carboxylic acids is 1. The number of aromatic hydroxyl groups is 1. The van der Waals surface area contributed by atoms with Crippen LogP contribution in [0.3, 0.4) is 0 Å². The Hall–Kier alpha value is -4.62. The van der Waals surface area contributed by atoms with Gasteiger partial charge in [-0.1, -0.05) is 30.3 Å². The first kappa shape index (κ1) is 21.1. The van der Waals surface area contributed by atoms with E-state index in [1.165, 1.54) is 49.6 Å². The van der Waals surface area contributed by atoms with Gasteiger partial charge in [0.25, 0.3) is 5.91 Å². The molecule has 0 atom stereocenters. The van der Waals surface area contributed by atoms with Crippen LogP contribution in [0.25, 0.3) is 16.0 Å². The number of aromatic carboxylic acids is 1. The molecule has 0 aromatic heterocycles. The van der Waals surface area contributed by atoms with E-state index in [1.807, 2.05) is 0 Å². The molecule has 2 N–H and O–H groups in total. The molecule has 1 aliphatic carbocycles. The van der Waals surface area contributed by atoms with E-state index >= 15 is 0 Å². The van der Waals surface area contributed by atoms with Gasteiger partial charge in [-0.3, -0.25) is 9.59 Å². The van der Waals surface area contributed by atoms with Crippen LogP contribution >= 0.6 is 0 Å². The van der Waals surface area contributed by atoms with Crippen LogP contribution in [0.15, 0.2) is 77.1 Å². The lowest BCUT2D eigenvalue weighted by atomic mass is 9.87. The third-order valence-electron chi connectivity index (χ3n) is 4.53. The van der Waals surface area contributed by atoms with Crippen LogP contribution in [0, 0.1) is 0 Å². The molecule has 0 radical (unpaired) electrons. The second-order valence-electron chi connectivity index (χ2n) is 6.32. The number of benzene rings is 2. The van der Waals surface area contributed by atoms with E-state index in [0.717, 1.165) is 0 Å². The highest BCUT2D eigenvalue weighted by Crippen LogP contribution is 2.35. The zero-order chi connectivity index (χ0) is 22.5. The number of nitrogens with zero attached hydrogens (tertiary/aromatic N) is 3. The molecule has 9 nitrogen and oxygen atoms in total. The van der Waals surface area contributed by atoms with E-state index in [-0.39, 0.29) is 22.7 Å². The van der Waals surface area contributed by atoms with Crippen LogP contribution in [-0.4, -0.2) is 35.0 Å².